The average molecular weight is 402 g/mol. The maximum atomic E-state index is 6.16. The highest BCUT2D eigenvalue weighted by Crippen LogP contribution is 2.41. The summed E-state index contributed by atoms with van der Waals surface area (Å²) in [6, 6.07) is 20.3. The van der Waals surface area contributed by atoms with Crippen LogP contribution in [-0.2, 0) is 0 Å². The predicted molar refractivity (Wildman–Crippen MR) is 119 cm³/mol. The molecule has 0 spiro atoms. The molecule has 1 aliphatic carbocycles. The minimum absolute atomic E-state index is 0.550. The first-order valence-corrected chi connectivity index (χ1v) is 10.9. The number of aromatic nitrogens is 2. The predicted octanol–water partition coefficient (Wildman–Crippen LogP) is 7.13. The Bertz CT molecular complexity index is 1090. The van der Waals surface area contributed by atoms with E-state index < -0.39 is 0 Å². The molecule has 1 fully saturated rings. The van der Waals surface area contributed by atoms with Crippen LogP contribution < -0.4 is 10.1 Å². The number of rotatable bonds is 5. The lowest BCUT2D eigenvalue weighted by Crippen LogP contribution is -1.99. The summed E-state index contributed by atoms with van der Waals surface area (Å²) >= 11 is 1.65. The third-order valence-corrected chi connectivity index (χ3v) is 6.50. The fourth-order valence-corrected chi connectivity index (χ4v) is 4.94. The van der Waals surface area contributed by atoms with Gasteiger partial charge < -0.3 is 10.1 Å². The summed E-state index contributed by atoms with van der Waals surface area (Å²) in [5.74, 6) is 2.86. The first-order chi connectivity index (χ1) is 14.2. The molecule has 2 unspecified atom stereocenters. The normalized spacial score (nSPS) is 18.8. The molecule has 0 amide bonds. The topological polar surface area (TPSA) is 47.0 Å². The molecule has 4 aromatic rings. The minimum Gasteiger partial charge on any atom is -0.439 e. The van der Waals surface area contributed by atoms with Crippen molar-refractivity contribution in [2.75, 3.05) is 5.32 Å². The summed E-state index contributed by atoms with van der Waals surface area (Å²) in [6.45, 7) is 2.33. The van der Waals surface area contributed by atoms with Crippen molar-refractivity contribution in [3.63, 3.8) is 0 Å². The fraction of sp³-hybridized carbons (Fsp3) is 0.250. The molecular formula is C24H23N3OS. The Labute approximate surface area is 174 Å². The van der Waals surface area contributed by atoms with Crippen molar-refractivity contribution < 1.29 is 4.74 Å². The van der Waals surface area contributed by atoms with Crippen LogP contribution in [-0.4, -0.2) is 9.97 Å². The highest BCUT2D eigenvalue weighted by Gasteiger charge is 2.25. The van der Waals surface area contributed by atoms with Gasteiger partial charge in [0.15, 0.2) is 5.13 Å². The van der Waals surface area contributed by atoms with Gasteiger partial charge in [-0.1, -0.05) is 42.9 Å². The second-order valence-electron chi connectivity index (χ2n) is 7.75. The molecule has 0 radical (unpaired) electrons. The highest BCUT2D eigenvalue weighted by molar-refractivity contribution is 7.22. The van der Waals surface area contributed by atoms with E-state index in [2.05, 4.69) is 34.3 Å². The van der Waals surface area contributed by atoms with Crippen molar-refractivity contribution in [3.05, 3.63) is 72.4 Å². The highest BCUT2D eigenvalue weighted by atomic mass is 32.1. The standard InChI is InChI=1S/C24H23N3OS/c1-16-8-9-17(15-16)20-5-4-14-25-23(20)28-19-12-10-18(11-13-19)26-24-27-21-6-2-3-7-22(21)29-24/h2-7,10-14,16-17H,8-9,15H2,1H3,(H,26,27). The van der Waals surface area contributed by atoms with Gasteiger partial charge >= 0.3 is 0 Å². The summed E-state index contributed by atoms with van der Waals surface area (Å²) in [4.78, 5) is 9.14. The van der Waals surface area contributed by atoms with E-state index in [0.29, 0.717) is 5.92 Å². The number of hydrogen-bond acceptors (Lipinski definition) is 5. The third kappa shape index (κ3) is 3.96. The maximum Gasteiger partial charge on any atom is 0.222 e. The van der Waals surface area contributed by atoms with Crippen molar-refractivity contribution in [2.24, 2.45) is 5.92 Å². The van der Waals surface area contributed by atoms with Crippen LogP contribution in [0.1, 0.15) is 37.7 Å². The summed E-state index contributed by atoms with van der Waals surface area (Å²) in [5, 5.41) is 4.27. The number of pyridine rings is 1. The summed E-state index contributed by atoms with van der Waals surface area (Å²) in [7, 11) is 0. The zero-order chi connectivity index (χ0) is 19.6. The molecule has 2 aromatic carbocycles. The van der Waals surface area contributed by atoms with Gasteiger partial charge in [0.25, 0.3) is 0 Å². The monoisotopic (exact) mass is 401 g/mol. The van der Waals surface area contributed by atoms with Crippen molar-refractivity contribution in [1.29, 1.82) is 0 Å². The lowest BCUT2D eigenvalue weighted by molar-refractivity contribution is 0.448. The number of para-hydroxylation sites is 1. The minimum atomic E-state index is 0.550. The smallest absolute Gasteiger partial charge is 0.222 e. The Morgan fingerprint density at radius 2 is 1.86 bits per heavy atom. The number of anilines is 2. The number of nitrogens with zero attached hydrogens (tertiary/aromatic N) is 2. The molecule has 2 atom stereocenters. The SMILES string of the molecule is CC1CCC(c2cccnc2Oc2ccc(Nc3nc4ccccc4s3)cc2)C1. The van der Waals surface area contributed by atoms with E-state index >= 15 is 0 Å². The first kappa shape index (κ1) is 18.1. The van der Waals surface area contributed by atoms with Gasteiger partial charge in [0.2, 0.25) is 5.88 Å². The number of ether oxygens (including phenoxy) is 1. The molecule has 146 valence electrons. The van der Waals surface area contributed by atoms with Crippen LogP contribution in [0, 0.1) is 5.92 Å². The van der Waals surface area contributed by atoms with Gasteiger partial charge in [0.1, 0.15) is 5.75 Å². The van der Waals surface area contributed by atoms with Crippen LogP contribution in [0.25, 0.3) is 10.2 Å². The van der Waals surface area contributed by atoms with Gasteiger partial charge in [0, 0.05) is 17.4 Å². The van der Waals surface area contributed by atoms with Crippen molar-refractivity contribution in [2.45, 2.75) is 32.1 Å². The molecule has 2 heterocycles. The fourth-order valence-electron chi connectivity index (χ4n) is 4.06. The summed E-state index contributed by atoms with van der Waals surface area (Å²) in [5.41, 5.74) is 3.24. The Hall–Kier alpha value is -2.92. The van der Waals surface area contributed by atoms with Crippen LogP contribution in [0.5, 0.6) is 11.6 Å². The molecule has 5 heteroatoms. The van der Waals surface area contributed by atoms with Crippen LogP contribution in [0.4, 0.5) is 10.8 Å². The molecule has 29 heavy (non-hydrogen) atoms. The van der Waals surface area contributed by atoms with Crippen LogP contribution >= 0.6 is 11.3 Å². The molecule has 0 saturated heterocycles. The Kier molecular flexibility index (Phi) is 4.90. The van der Waals surface area contributed by atoms with E-state index in [0.717, 1.165) is 33.9 Å². The van der Waals surface area contributed by atoms with E-state index in [-0.39, 0.29) is 0 Å². The molecule has 1 saturated carbocycles. The lowest BCUT2D eigenvalue weighted by Gasteiger charge is -2.15. The lowest BCUT2D eigenvalue weighted by atomic mass is 9.98. The number of nitrogens with one attached hydrogen (secondary N) is 1. The second kappa shape index (κ2) is 7.84. The molecule has 1 aliphatic rings. The van der Waals surface area contributed by atoms with E-state index in [4.69, 9.17) is 4.74 Å². The van der Waals surface area contributed by atoms with Gasteiger partial charge in [-0.25, -0.2) is 9.97 Å². The largest absolute Gasteiger partial charge is 0.439 e. The van der Waals surface area contributed by atoms with Gasteiger partial charge in [-0.15, -0.1) is 0 Å². The number of hydrogen-bond donors (Lipinski definition) is 1. The van der Waals surface area contributed by atoms with Crippen LogP contribution in [0.15, 0.2) is 66.9 Å². The van der Waals surface area contributed by atoms with Crippen molar-refractivity contribution in [1.82, 2.24) is 9.97 Å². The third-order valence-electron chi connectivity index (χ3n) is 5.55. The maximum absolute atomic E-state index is 6.16. The Morgan fingerprint density at radius 1 is 1.00 bits per heavy atom. The summed E-state index contributed by atoms with van der Waals surface area (Å²) in [6.07, 6.45) is 5.52. The molecular weight excluding hydrogens is 378 g/mol. The quantitative estimate of drug-likeness (QED) is 0.386. The Balaban J connectivity index is 1.31. The first-order valence-electron chi connectivity index (χ1n) is 10.1. The zero-order valence-corrected chi connectivity index (χ0v) is 17.2. The van der Waals surface area contributed by atoms with Gasteiger partial charge in [-0.2, -0.15) is 0 Å². The number of benzene rings is 2. The van der Waals surface area contributed by atoms with Crippen LogP contribution in [0.2, 0.25) is 0 Å². The number of fused-ring (bicyclic) bond motifs is 1. The van der Waals surface area contributed by atoms with E-state index in [1.165, 1.54) is 29.5 Å². The Morgan fingerprint density at radius 3 is 2.66 bits per heavy atom. The van der Waals surface area contributed by atoms with E-state index in [1.54, 1.807) is 17.5 Å². The van der Waals surface area contributed by atoms with Gasteiger partial charge in [-0.05, 0) is 67.1 Å². The molecule has 1 N–H and O–H groups in total. The van der Waals surface area contributed by atoms with Crippen LogP contribution in [0.3, 0.4) is 0 Å². The van der Waals surface area contributed by atoms with Gasteiger partial charge in [-0.3, -0.25) is 0 Å². The van der Waals surface area contributed by atoms with Crippen molar-refractivity contribution >= 4 is 32.4 Å². The molecule has 0 bridgehead atoms. The number of thiazole rings is 1. The molecule has 2 aromatic heterocycles. The molecule has 4 nitrogen and oxygen atoms in total. The molecule has 0 aliphatic heterocycles. The zero-order valence-electron chi connectivity index (χ0n) is 16.3. The van der Waals surface area contributed by atoms with E-state index in [1.807, 2.05) is 48.5 Å². The van der Waals surface area contributed by atoms with Gasteiger partial charge in [0.05, 0.1) is 10.2 Å². The summed E-state index contributed by atoms with van der Waals surface area (Å²) < 4.78 is 7.34. The van der Waals surface area contributed by atoms with Crippen molar-refractivity contribution in [3.8, 4) is 11.6 Å². The van der Waals surface area contributed by atoms with E-state index in [9.17, 15) is 0 Å². The average Bonchev–Trinajstić information content (AvgIpc) is 3.35. The molecule has 5 rings (SSSR count). The second-order valence-corrected chi connectivity index (χ2v) is 8.78.